The van der Waals surface area contributed by atoms with Gasteiger partial charge in [0.15, 0.2) is 0 Å². The van der Waals surface area contributed by atoms with E-state index >= 15 is 0 Å². The van der Waals surface area contributed by atoms with E-state index in [9.17, 15) is 4.39 Å². The van der Waals surface area contributed by atoms with Crippen LogP contribution in [0, 0.1) is 12.4 Å². The molecule has 1 nitrogen and oxygen atoms in total. The lowest BCUT2D eigenvalue weighted by molar-refractivity contribution is 0.414. The van der Waals surface area contributed by atoms with Gasteiger partial charge in [0.2, 0.25) is 0 Å². The van der Waals surface area contributed by atoms with Crippen LogP contribution >= 0.6 is 0 Å². The minimum atomic E-state index is -0.372. The molecule has 0 aliphatic heterocycles. The predicted octanol–water partition coefficient (Wildman–Crippen LogP) is 2.35. The van der Waals surface area contributed by atoms with Crippen LogP contribution in [0.3, 0.4) is 0 Å². The third-order valence-corrected chi connectivity index (χ3v) is 1.33. The summed E-state index contributed by atoms with van der Waals surface area (Å²) < 4.78 is 12.6. The minimum absolute atomic E-state index is 0.372. The second-order valence-electron chi connectivity index (χ2n) is 2.15. The normalized spacial score (nSPS) is 9.64. The fourth-order valence-corrected chi connectivity index (χ4v) is 0.828. The first-order chi connectivity index (χ1) is 5.26. The van der Waals surface area contributed by atoms with Crippen molar-refractivity contribution in [1.29, 1.82) is 0 Å². The molecule has 1 rings (SSSR count). The van der Waals surface area contributed by atoms with E-state index in [2.05, 4.69) is 6.58 Å². The molecule has 1 N–H and O–H groups in total. The SMILES string of the molecule is C=Cc1cc(F)cc([CH]O)c1. The van der Waals surface area contributed by atoms with Gasteiger partial charge in [0.25, 0.3) is 0 Å². The van der Waals surface area contributed by atoms with Crippen molar-refractivity contribution in [3.8, 4) is 0 Å². The Morgan fingerprint density at radius 1 is 1.27 bits per heavy atom. The van der Waals surface area contributed by atoms with E-state index < -0.39 is 0 Å². The van der Waals surface area contributed by atoms with E-state index in [0.29, 0.717) is 11.1 Å². The molecule has 2 heteroatoms. The summed E-state index contributed by atoms with van der Waals surface area (Å²) >= 11 is 0. The van der Waals surface area contributed by atoms with Gasteiger partial charge in [-0.2, -0.15) is 0 Å². The highest BCUT2D eigenvalue weighted by atomic mass is 19.1. The molecular weight excluding hydrogens is 143 g/mol. The van der Waals surface area contributed by atoms with Crippen LogP contribution in [0.25, 0.3) is 6.08 Å². The summed E-state index contributed by atoms with van der Waals surface area (Å²) in [7, 11) is 0. The molecule has 57 valence electrons. The molecule has 1 aromatic rings. The average molecular weight is 151 g/mol. The Morgan fingerprint density at radius 2 is 1.91 bits per heavy atom. The van der Waals surface area contributed by atoms with E-state index in [1.54, 1.807) is 6.07 Å². The Bertz CT molecular complexity index is 268. The highest BCUT2D eigenvalue weighted by molar-refractivity contribution is 5.49. The maximum atomic E-state index is 12.6. The van der Waals surface area contributed by atoms with Crippen molar-refractivity contribution in [2.45, 2.75) is 0 Å². The molecule has 0 aromatic heterocycles. The van der Waals surface area contributed by atoms with Crippen LogP contribution in [-0.4, -0.2) is 5.11 Å². The topological polar surface area (TPSA) is 20.2 Å². The van der Waals surface area contributed by atoms with Gasteiger partial charge in [-0.3, -0.25) is 0 Å². The second kappa shape index (κ2) is 3.30. The number of rotatable bonds is 2. The smallest absolute Gasteiger partial charge is 0.124 e. The second-order valence-corrected chi connectivity index (χ2v) is 2.15. The van der Waals surface area contributed by atoms with Crippen LogP contribution in [0.15, 0.2) is 24.8 Å². The zero-order chi connectivity index (χ0) is 8.27. The Balaban J connectivity index is 3.11. The molecule has 0 atom stereocenters. The van der Waals surface area contributed by atoms with Gasteiger partial charge in [-0.25, -0.2) is 4.39 Å². The molecule has 1 radical (unpaired) electrons. The van der Waals surface area contributed by atoms with Gasteiger partial charge < -0.3 is 5.11 Å². The fourth-order valence-electron chi connectivity index (χ4n) is 0.828. The maximum absolute atomic E-state index is 12.6. The van der Waals surface area contributed by atoms with Gasteiger partial charge in [-0.1, -0.05) is 12.7 Å². The van der Waals surface area contributed by atoms with Crippen LogP contribution in [-0.2, 0) is 0 Å². The Morgan fingerprint density at radius 3 is 2.45 bits per heavy atom. The van der Waals surface area contributed by atoms with Crippen LogP contribution < -0.4 is 0 Å². The minimum Gasteiger partial charge on any atom is -0.385 e. The summed E-state index contributed by atoms with van der Waals surface area (Å²) in [6, 6.07) is 4.23. The maximum Gasteiger partial charge on any atom is 0.124 e. The highest BCUT2D eigenvalue weighted by Gasteiger charge is 1.96. The molecule has 0 saturated carbocycles. The van der Waals surface area contributed by atoms with Crippen molar-refractivity contribution in [3.05, 3.63) is 48.3 Å². The molecule has 11 heavy (non-hydrogen) atoms. The number of halogens is 1. The molecule has 0 bridgehead atoms. The van der Waals surface area contributed by atoms with Crippen molar-refractivity contribution >= 4 is 6.08 Å². The lowest BCUT2D eigenvalue weighted by Gasteiger charge is -1.97. The van der Waals surface area contributed by atoms with Gasteiger partial charge in [0.1, 0.15) is 12.4 Å². The van der Waals surface area contributed by atoms with Gasteiger partial charge >= 0.3 is 0 Å². The summed E-state index contributed by atoms with van der Waals surface area (Å²) in [6.07, 6.45) is 1.52. The van der Waals surface area contributed by atoms with Gasteiger partial charge in [0.05, 0.1) is 0 Å². The van der Waals surface area contributed by atoms with Crippen molar-refractivity contribution in [1.82, 2.24) is 0 Å². The molecule has 0 spiro atoms. The molecule has 0 amide bonds. The van der Waals surface area contributed by atoms with Crippen LogP contribution in [0.2, 0.25) is 0 Å². The Labute approximate surface area is 64.8 Å². The molecule has 0 unspecified atom stereocenters. The molecule has 1 aromatic carbocycles. The van der Waals surface area contributed by atoms with Crippen molar-refractivity contribution in [2.75, 3.05) is 0 Å². The Hall–Kier alpha value is -1.15. The van der Waals surface area contributed by atoms with Gasteiger partial charge in [0, 0.05) is 0 Å². The van der Waals surface area contributed by atoms with Crippen molar-refractivity contribution in [2.24, 2.45) is 0 Å². The first-order valence-corrected chi connectivity index (χ1v) is 3.16. The standard InChI is InChI=1S/C9H8FO/c1-2-7-3-8(6-11)5-9(10)4-7/h2-6,11H,1H2. The first kappa shape index (κ1) is 7.95. The van der Waals surface area contributed by atoms with Crippen molar-refractivity contribution < 1.29 is 9.50 Å². The molecule has 0 fully saturated rings. The number of hydrogen-bond donors (Lipinski definition) is 1. The van der Waals surface area contributed by atoms with Crippen molar-refractivity contribution in [3.63, 3.8) is 0 Å². The monoisotopic (exact) mass is 151 g/mol. The Kier molecular flexibility index (Phi) is 2.39. The molecular formula is C9H8FO. The van der Waals surface area contributed by atoms with Crippen LogP contribution in [0.1, 0.15) is 11.1 Å². The van der Waals surface area contributed by atoms with Crippen LogP contribution in [0.5, 0.6) is 0 Å². The zero-order valence-electron chi connectivity index (χ0n) is 5.92. The quantitative estimate of drug-likeness (QED) is 0.687. The average Bonchev–Trinajstić information content (AvgIpc) is 2.03. The molecule has 0 saturated heterocycles. The van der Waals surface area contributed by atoms with E-state index in [1.807, 2.05) is 0 Å². The van der Waals surface area contributed by atoms with Gasteiger partial charge in [-0.05, 0) is 29.3 Å². The largest absolute Gasteiger partial charge is 0.385 e. The lowest BCUT2D eigenvalue weighted by atomic mass is 10.1. The number of aliphatic hydroxyl groups is 1. The predicted molar refractivity (Wildman–Crippen MR) is 41.8 cm³/mol. The summed E-state index contributed by atoms with van der Waals surface area (Å²) in [6.45, 7) is 4.34. The molecule has 0 aliphatic carbocycles. The molecule has 0 aliphatic rings. The van der Waals surface area contributed by atoms with E-state index in [4.69, 9.17) is 5.11 Å². The summed E-state index contributed by atoms with van der Waals surface area (Å²) in [5.74, 6) is -0.372. The summed E-state index contributed by atoms with van der Waals surface area (Å²) in [5.41, 5.74) is 1.10. The van der Waals surface area contributed by atoms with Gasteiger partial charge in [-0.15, -0.1) is 0 Å². The van der Waals surface area contributed by atoms with E-state index in [1.165, 1.54) is 18.2 Å². The first-order valence-electron chi connectivity index (χ1n) is 3.16. The zero-order valence-corrected chi connectivity index (χ0v) is 5.92. The highest BCUT2D eigenvalue weighted by Crippen LogP contribution is 2.10. The number of benzene rings is 1. The van der Waals surface area contributed by atoms with E-state index in [-0.39, 0.29) is 5.82 Å². The lowest BCUT2D eigenvalue weighted by Crippen LogP contribution is -1.84. The summed E-state index contributed by atoms with van der Waals surface area (Å²) in [4.78, 5) is 0. The third kappa shape index (κ3) is 1.88. The number of hydrogen-bond acceptors (Lipinski definition) is 1. The number of aliphatic hydroxyl groups excluding tert-OH is 1. The summed E-state index contributed by atoms with van der Waals surface area (Å²) in [5, 5.41) is 8.56. The molecule has 0 heterocycles. The third-order valence-electron chi connectivity index (χ3n) is 1.33. The van der Waals surface area contributed by atoms with E-state index in [0.717, 1.165) is 6.61 Å². The fraction of sp³-hybridized carbons (Fsp3) is 0. The van der Waals surface area contributed by atoms with Crippen LogP contribution in [0.4, 0.5) is 4.39 Å².